The van der Waals surface area contributed by atoms with Gasteiger partial charge in [0.25, 0.3) is 11.8 Å². The van der Waals surface area contributed by atoms with Crippen molar-refractivity contribution in [2.24, 2.45) is 5.92 Å². The first-order valence-electron chi connectivity index (χ1n) is 10.8. The van der Waals surface area contributed by atoms with Crippen LogP contribution in [0.3, 0.4) is 0 Å². The zero-order chi connectivity index (χ0) is 22.2. The average molecular weight is 423 g/mol. The van der Waals surface area contributed by atoms with Crippen LogP contribution >= 0.6 is 0 Å². The predicted octanol–water partition coefficient (Wildman–Crippen LogP) is 3.74. The van der Waals surface area contributed by atoms with Gasteiger partial charge in [-0.3, -0.25) is 14.4 Å². The minimum atomic E-state index is -0.845. The van der Waals surface area contributed by atoms with Gasteiger partial charge in [0, 0.05) is 18.7 Å². The van der Waals surface area contributed by atoms with Gasteiger partial charge in [0.05, 0.1) is 12.5 Å². The normalized spacial score (nSPS) is 16.3. The van der Waals surface area contributed by atoms with Crippen LogP contribution in [0, 0.1) is 5.92 Å². The molecule has 1 heterocycles. The van der Waals surface area contributed by atoms with Crippen LogP contribution in [0.15, 0.2) is 60.7 Å². The molecule has 31 heavy (non-hydrogen) atoms. The fraction of sp³-hybridized carbons (Fsp3) is 0.400. The number of nitrogens with zero attached hydrogens (tertiary/aromatic N) is 1. The van der Waals surface area contributed by atoms with Crippen molar-refractivity contribution in [3.63, 3.8) is 0 Å². The molecule has 0 spiro atoms. The Morgan fingerprint density at radius 3 is 2.19 bits per heavy atom. The number of carbonyl (C=O) groups excluding carboxylic acids is 3. The summed E-state index contributed by atoms with van der Waals surface area (Å²) in [6, 6.07) is 17.6. The Labute approximate surface area is 183 Å². The molecule has 164 valence electrons. The first-order chi connectivity index (χ1) is 14.9. The van der Waals surface area contributed by atoms with E-state index in [1.54, 1.807) is 36.1 Å². The molecule has 1 fully saturated rings. The van der Waals surface area contributed by atoms with Gasteiger partial charge >= 0.3 is 5.97 Å². The molecule has 6 nitrogen and oxygen atoms in total. The SMILES string of the molecule is CC1CCN(C(=O)C(C)OC(=O)CC(NC(=O)c2ccccc2)c2ccccc2)CC1. The van der Waals surface area contributed by atoms with Crippen molar-refractivity contribution in [2.45, 2.75) is 45.3 Å². The molecule has 3 rings (SSSR count). The lowest BCUT2D eigenvalue weighted by molar-refractivity contribution is -0.160. The maximum absolute atomic E-state index is 12.7. The van der Waals surface area contributed by atoms with Crippen LogP contribution < -0.4 is 5.32 Å². The second kappa shape index (κ2) is 10.8. The highest BCUT2D eigenvalue weighted by atomic mass is 16.5. The highest BCUT2D eigenvalue weighted by molar-refractivity contribution is 5.94. The van der Waals surface area contributed by atoms with Crippen LogP contribution in [0.2, 0.25) is 0 Å². The number of amides is 2. The van der Waals surface area contributed by atoms with E-state index in [0.29, 0.717) is 24.6 Å². The van der Waals surface area contributed by atoms with Gasteiger partial charge in [0.1, 0.15) is 0 Å². The molecule has 2 aromatic carbocycles. The molecule has 2 aromatic rings. The maximum Gasteiger partial charge on any atom is 0.309 e. The Morgan fingerprint density at radius 2 is 1.58 bits per heavy atom. The molecular weight excluding hydrogens is 392 g/mol. The number of rotatable bonds is 7. The first kappa shape index (κ1) is 22.5. The fourth-order valence-corrected chi connectivity index (χ4v) is 3.72. The minimum absolute atomic E-state index is 0.0583. The molecule has 1 aliphatic heterocycles. The molecule has 1 N–H and O–H groups in total. The zero-order valence-electron chi connectivity index (χ0n) is 18.1. The molecule has 0 aromatic heterocycles. The highest BCUT2D eigenvalue weighted by Gasteiger charge is 2.28. The molecular formula is C25H30N2O4. The molecule has 1 saturated heterocycles. The van der Waals surface area contributed by atoms with Gasteiger partial charge in [-0.1, -0.05) is 55.5 Å². The minimum Gasteiger partial charge on any atom is -0.452 e. The van der Waals surface area contributed by atoms with Crippen molar-refractivity contribution in [3.05, 3.63) is 71.8 Å². The van der Waals surface area contributed by atoms with Crippen LogP contribution in [0.25, 0.3) is 0 Å². The summed E-state index contributed by atoms with van der Waals surface area (Å²) in [4.78, 5) is 39.7. The van der Waals surface area contributed by atoms with Crippen molar-refractivity contribution in [1.82, 2.24) is 10.2 Å². The molecule has 2 unspecified atom stereocenters. The molecule has 0 aliphatic carbocycles. The summed E-state index contributed by atoms with van der Waals surface area (Å²) in [5.41, 5.74) is 1.31. The van der Waals surface area contributed by atoms with Crippen LogP contribution in [0.1, 0.15) is 55.1 Å². The summed E-state index contributed by atoms with van der Waals surface area (Å²) in [5, 5.41) is 2.92. The summed E-state index contributed by atoms with van der Waals surface area (Å²) in [6.07, 6.45) is 1.03. The number of carbonyl (C=O) groups is 3. The van der Waals surface area contributed by atoms with E-state index in [9.17, 15) is 14.4 Å². The second-order valence-electron chi connectivity index (χ2n) is 8.15. The van der Waals surface area contributed by atoms with Gasteiger partial charge in [-0.05, 0) is 43.4 Å². The van der Waals surface area contributed by atoms with E-state index in [0.717, 1.165) is 18.4 Å². The Morgan fingerprint density at radius 1 is 1.00 bits per heavy atom. The summed E-state index contributed by atoms with van der Waals surface area (Å²) < 4.78 is 5.45. The molecule has 0 radical (unpaired) electrons. The first-order valence-corrected chi connectivity index (χ1v) is 10.8. The topological polar surface area (TPSA) is 75.7 Å². The van der Waals surface area contributed by atoms with Crippen molar-refractivity contribution in [1.29, 1.82) is 0 Å². The van der Waals surface area contributed by atoms with Crippen molar-refractivity contribution in [3.8, 4) is 0 Å². The smallest absolute Gasteiger partial charge is 0.309 e. The number of ether oxygens (including phenoxy) is 1. The van der Waals surface area contributed by atoms with Crippen LogP contribution in [0.4, 0.5) is 0 Å². The second-order valence-corrected chi connectivity index (χ2v) is 8.15. The van der Waals surface area contributed by atoms with E-state index >= 15 is 0 Å². The Kier molecular flexibility index (Phi) is 7.82. The van der Waals surface area contributed by atoms with E-state index in [1.807, 2.05) is 36.4 Å². The fourth-order valence-electron chi connectivity index (χ4n) is 3.72. The number of hydrogen-bond donors (Lipinski definition) is 1. The highest BCUT2D eigenvalue weighted by Crippen LogP contribution is 2.20. The molecule has 2 atom stereocenters. The Hall–Kier alpha value is -3.15. The van der Waals surface area contributed by atoms with E-state index in [2.05, 4.69) is 12.2 Å². The van der Waals surface area contributed by atoms with Gasteiger partial charge in [0.2, 0.25) is 0 Å². The van der Waals surface area contributed by atoms with Crippen molar-refractivity contribution < 1.29 is 19.1 Å². The zero-order valence-corrected chi connectivity index (χ0v) is 18.1. The number of benzene rings is 2. The largest absolute Gasteiger partial charge is 0.452 e. The van der Waals surface area contributed by atoms with Crippen LogP contribution in [-0.4, -0.2) is 41.9 Å². The van der Waals surface area contributed by atoms with Gasteiger partial charge in [-0.2, -0.15) is 0 Å². The summed E-state index contributed by atoms with van der Waals surface area (Å²) in [7, 11) is 0. The standard InChI is InChI=1S/C25H30N2O4/c1-18-13-15-27(16-14-18)25(30)19(2)31-23(28)17-22(20-9-5-3-6-10-20)26-24(29)21-11-7-4-8-12-21/h3-12,18-19,22H,13-17H2,1-2H3,(H,26,29). The average Bonchev–Trinajstić information content (AvgIpc) is 2.79. The maximum atomic E-state index is 12.7. The lowest BCUT2D eigenvalue weighted by Gasteiger charge is -2.32. The predicted molar refractivity (Wildman–Crippen MR) is 118 cm³/mol. The van der Waals surface area contributed by atoms with Gasteiger partial charge in [-0.15, -0.1) is 0 Å². The van der Waals surface area contributed by atoms with Crippen molar-refractivity contribution >= 4 is 17.8 Å². The van der Waals surface area contributed by atoms with Crippen LogP contribution in [-0.2, 0) is 14.3 Å². The van der Waals surface area contributed by atoms with E-state index < -0.39 is 18.1 Å². The number of esters is 1. The molecule has 6 heteroatoms. The van der Waals surface area contributed by atoms with Gasteiger partial charge in [0.15, 0.2) is 6.10 Å². The van der Waals surface area contributed by atoms with Gasteiger partial charge < -0.3 is 15.0 Å². The summed E-state index contributed by atoms with van der Waals surface area (Å²) in [5.74, 6) is -0.339. The molecule has 0 bridgehead atoms. The Balaban J connectivity index is 1.63. The quantitative estimate of drug-likeness (QED) is 0.690. The monoisotopic (exact) mass is 422 g/mol. The lowest BCUT2D eigenvalue weighted by atomic mass is 9.99. The summed E-state index contributed by atoms with van der Waals surface area (Å²) in [6.45, 7) is 5.18. The van der Waals surface area contributed by atoms with Crippen molar-refractivity contribution in [2.75, 3.05) is 13.1 Å². The molecule has 0 saturated carbocycles. The van der Waals surface area contributed by atoms with Gasteiger partial charge in [-0.25, -0.2) is 0 Å². The molecule has 2 amide bonds. The number of piperidine rings is 1. The van der Waals surface area contributed by atoms with E-state index in [-0.39, 0.29) is 18.2 Å². The van der Waals surface area contributed by atoms with E-state index in [1.165, 1.54) is 0 Å². The number of likely N-dealkylation sites (tertiary alicyclic amines) is 1. The molecule has 1 aliphatic rings. The number of nitrogens with one attached hydrogen (secondary N) is 1. The third-order valence-electron chi connectivity index (χ3n) is 5.67. The summed E-state index contributed by atoms with van der Waals surface area (Å²) >= 11 is 0. The third kappa shape index (κ3) is 6.41. The number of hydrogen-bond acceptors (Lipinski definition) is 4. The van der Waals surface area contributed by atoms with Crippen LogP contribution in [0.5, 0.6) is 0 Å². The lowest BCUT2D eigenvalue weighted by Crippen LogP contribution is -2.44. The Bertz CT molecular complexity index is 877. The van der Waals surface area contributed by atoms with E-state index in [4.69, 9.17) is 4.74 Å². The third-order valence-corrected chi connectivity index (χ3v) is 5.67.